The molecule has 1 fully saturated rings. The maximum absolute atomic E-state index is 11.7. The molecule has 0 aromatic rings. The Balaban J connectivity index is 2.28. The third-order valence-electron chi connectivity index (χ3n) is 3.74. The van der Waals surface area contributed by atoms with Gasteiger partial charge in [-0.1, -0.05) is 26.7 Å². The zero-order valence-electron chi connectivity index (χ0n) is 12.9. The van der Waals surface area contributed by atoms with Crippen molar-refractivity contribution in [3.63, 3.8) is 0 Å². The van der Waals surface area contributed by atoms with E-state index in [1.807, 2.05) is 13.8 Å². The fourth-order valence-corrected chi connectivity index (χ4v) is 2.67. The minimum absolute atomic E-state index is 0.132. The van der Waals surface area contributed by atoms with E-state index < -0.39 is 17.9 Å². The molecule has 0 radical (unpaired) electrons. The molecule has 0 aliphatic heterocycles. The van der Waals surface area contributed by atoms with E-state index in [1.165, 1.54) is 12.8 Å². The molecule has 6 nitrogen and oxygen atoms in total. The van der Waals surface area contributed by atoms with Crippen LogP contribution in [0.2, 0.25) is 0 Å². The lowest BCUT2D eigenvalue weighted by Crippen LogP contribution is -2.46. The van der Waals surface area contributed by atoms with Gasteiger partial charge in [0.15, 0.2) is 0 Å². The van der Waals surface area contributed by atoms with Gasteiger partial charge in [0.25, 0.3) is 0 Å². The molecular formula is C15H26N2O4. The summed E-state index contributed by atoms with van der Waals surface area (Å²) < 4.78 is 0. The van der Waals surface area contributed by atoms with Gasteiger partial charge in [-0.2, -0.15) is 0 Å². The highest BCUT2D eigenvalue weighted by Crippen LogP contribution is 2.27. The fraction of sp³-hybridized carbons (Fsp3) is 0.800. The lowest BCUT2D eigenvalue weighted by atomic mass is 10.0. The van der Waals surface area contributed by atoms with E-state index in [0.29, 0.717) is 18.8 Å². The first-order valence-corrected chi connectivity index (χ1v) is 7.67. The van der Waals surface area contributed by atoms with Gasteiger partial charge in [-0.15, -0.1) is 0 Å². The largest absolute Gasteiger partial charge is 0.480 e. The zero-order chi connectivity index (χ0) is 15.8. The monoisotopic (exact) mass is 298 g/mol. The quantitative estimate of drug-likeness (QED) is 0.629. The van der Waals surface area contributed by atoms with E-state index in [2.05, 4.69) is 10.6 Å². The summed E-state index contributed by atoms with van der Waals surface area (Å²) in [6.45, 7) is 3.63. The molecule has 0 aromatic carbocycles. The molecule has 1 aliphatic carbocycles. The van der Waals surface area contributed by atoms with Crippen LogP contribution in [-0.4, -0.2) is 35.5 Å². The van der Waals surface area contributed by atoms with Crippen LogP contribution in [0.4, 0.5) is 0 Å². The Bertz CT molecular complexity index is 376. The third kappa shape index (κ3) is 7.11. The van der Waals surface area contributed by atoms with Crippen LogP contribution in [0, 0.1) is 11.8 Å². The second-order valence-corrected chi connectivity index (χ2v) is 6.22. The SMILES string of the molecule is CC(C)C[C@@H](NC(=O)CNC(=O)CC1CCCC1)C(=O)O. The Morgan fingerprint density at radius 2 is 1.76 bits per heavy atom. The summed E-state index contributed by atoms with van der Waals surface area (Å²) in [5.74, 6) is -1.03. The normalized spacial score (nSPS) is 16.7. The molecule has 0 saturated heterocycles. The van der Waals surface area contributed by atoms with Gasteiger partial charge < -0.3 is 15.7 Å². The molecule has 3 N–H and O–H groups in total. The highest BCUT2D eigenvalue weighted by molar-refractivity contribution is 5.87. The highest BCUT2D eigenvalue weighted by Gasteiger charge is 2.22. The number of aliphatic carboxylic acids is 1. The van der Waals surface area contributed by atoms with Crippen molar-refractivity contribution in [3.05, 3.63) is 0 Å². The predicted octanol–water partition coefficient (Wildman–Crippen LogP) is 1.30. The van der Waals surface area contributed by atoms with Crippen molar-refractivity contribution in [3.8, 4) is 0 Å². The molecule has 2 amide bonds. The molecule has 120 valence electrons. The van der Waals surface area contributed by atoms with Crippen molar-refractivity contribution in [1.29, 1.82) is 0 Å². The first kappa shape index (κ1) is 17.5. The molecule has 1 aliphatic rings. The van der Waals surface area contributed by atoms with Crippen molar-refractivity contribution in [2.45, 2.75) is 58.4 Å². The van der Waals surface area contributed by atoms with E-state index in [4.69, 9.17) is 5.11 Å². The molecule has 1 saturated carbocycles. The van der Waals surface area contributed by atoms with Gasteiger partial charge in [-0.05, 0) is 31.1 Å². The smallest absolute Gasteiger partial charge is 0.326 e. The lowest BCUT2D eigenvalue weighted by molar-refractivity contribution is -0.142. The van der Waals surface area contributed by atoms with E-state index in [1.54, 1.807) is 0 Å². The Morgan fingerprint density at radius 3 is 2.29 bits per heavy atom. The molecule has 0 unspecified atom stereocenters. The maximum atomic E-state index is 11.7. The van der Waals surface area contributed by atoms with Crippen LogP contribution >= 0.6 is 0 Å². The summed E-state index contributed by atoms with van der Waals surface area (Å²) in [6, 6.07) is -0.899. The summed E-state index contributed by atoms with van der Waals surface area (Å²) in [6.07, 6.45) is 5.34. The molecular weight excluding hydrogens is 272 g/mol. The summed E-state index contributed by atoms with van der Waals surface area (Å²) in [4.78, 5) is 34.4. The molecule has 6 heteroatoms. The van der Waals surface area contributed by atoms with Crippen molar-refractivity contribution < 1.29 is 19.5 Å². The standard InChI is InChI=1S/C15H26N2O4/c1-10(2)7-12(15(20)21)17-14(19)9-16-13(18)8-11-5-3-4-6-11/h10-12H,3-9H2,1-2H3,(H,16,18)(H,17,19)(H,20,21)/t12-/m1/s1. The number of amides is 2. The van der Waals surface area contributed by atoms with Crippen molar-refractivity contribution in [1.82, 2.24) is 10.6 Å². The molecule has 0 aromatic heterocycles. The van der Waals surface area contributed by atoms with Crippen molar-refractivity contribution in [2.24, 2.45) is 11.8 Å². The van der Waals surface area contributed by atoms with Crippen LogP contribution in [0.15, 0.2) is 0 Å². The Hall–Kier alpha value is -1.59. The molecule has 0 bridgehead atoms. The average Bonchev–Trinajstić information content (AvgIpc) is 2.87. The number of carbonyl (C=O) groups excluding carboxylic acids is 2. The van der Waals surface area contributed by atoms with Crippen molar-refractivity contribution in [2.75, 3.05) is 6.54 Å². The lowest BCUT2D eigenvalue weighted by Gasteiger charge is -2.17. The summed E-state index contributed by atoms with van der Waals surface area (Å²) in [7, 11) is 0. The number of rotatable bonds is 8. The van der Waals surface area contributed by atoms with Crippen LogP contribution in [0.1, 0.15) is 52.4 Å². The Morgan fingerprint density at radius 1 is 1.14 bits per heavy atom. The van der Waals surface area contributed by atoms with Gasteiger partial charge >= 0.3 is 5.97 Å². The minimum atomic E-state index is -1.05. The molecule has 21 heavy (non-hydrogen) atoms. The van der Waals surface area contributed by atoms with E-state index in [-0.39, 0.29) is 18.4 Å². The Labute approximate surface area is 125 Å². The number of hydrogen-bond donors (Lipinski definition) is 3. The van der Waals surface area contributed by atoms with Crippen molar-refractivity contribution >= 4 is 17.8 Å². The predicted molar refractivity (Wildman–Crippen MR) is 78.6 cm³/mol. The number of hydrogen-bond acceptors (Lipinski definition) is 3. The Kier molecular flexibility index (Phi) is 7.19. The zero-order valence-corrected chi connectivity index (χ0v) is 12.9. The van der Waals surface area contributed by atoms with Crippen LogP contribution in [0.25, 0.3) is 0 Å². The number of nitrogens with one attached hydrogen (secondary N) is 2. The van der Waals surface area contributed by atoms with Gasteiger partial charge in [-0.3, -0.25) is 9.59 Å². The van der Waals surface area contributed by atoms with E-state index >= 15 is 0 Å². The highest BCUT2D eigenvalue weighted by atomic mass is 16.4. The molecule has 1 rings (SSSR count). The second-order valence-electron chi connectivity index (χ2n) is 6.22. The van der Waals surface area contributed by atoms with Gasteiger partial charge in [-0.25, -0.2) is 4.79 Å². The van der Waals surface area contributed by atoms with Crippen LogP contribution in [0.3, 0.4) is 0 Å². The molecule has 1 atom stereocenters. The average molecular weight is 298 g/mol. The number of carbonyl (C=O) groups is 3. The van der Waals surface area contributed by atoms with Gasteiger partial charge in [0.2, 0.25) is 11.8 Å². The third-order valence-corrected chi connectivity index (χ3v) is 3.74. The van der Waals surface area contributed by atoms with Crippen LogP contribution in [-0.2, 0) is 14.4 Å². The van der Waals surface area contributed by atoms with E-state index in [0.717, 1.165) is 12.8 Å². The first-order chi connectivity index (χ1) is 9.88. The van der Waals surface area contributed by atoms with Gasteiger partial charge in [0.05, 0.1) is 6.54 Å². The summed E-state index contributed by atoms with van der Waals surface area (Å²) >= 11 is 0. The molecule has 0 heterocycles. The van der Waals surface area contributed by atoms with Crippen LogP contribution in [0.5, 0.6) is 0 Å². The summed E-state index contributed by atoms with van der Waals surface area (Å²) in [5, 5.41) is 14.0. The van der Waals surface area contributed by atoms with Crippen LogP contribution < -0.4 is 10.6 Å². The van der Waals surface area contributed by atoms with E-state index in [9.17, 15) is 14.4 Å². The second kappa shape index (κ2) is 8.64. The summed E-state index contributed by atoms with van der Waals surface area (Å²) in [5.41, 5.74) is 0. The van der Waals surface area contributed by atoms with Gasteiger partial charge in [0.1, 0.15) is 6.04 Å². The maximum Gasteiger partial charge on any atom is 0.326 e. The number of carboxylic acid groups (broad SMARTS) is 1. The first-order valence-electron chi connectivity index (χ1n) is 7.67. The molecule has 0 spiro atoms. The minimum Gasteiger partial charge on any atom is -0.480 e. The topological polar surface area (TPSA) is 95.5 Å². The number of carboxylic acids is 1. The van der Waals surface area contributed by atoms with Gasteiger partial charge in [0, 0.05) is 6.42 Å². The fourth-order valence-electron chi connectivity index (χ4n) is 2.67.